The van der Waals surface area contributed by atoms with Crippen molar-refractivity contribution in [3.05, 3.63) is 29.8 Å². The lowest BCUT2D eigenvalue weighted by molar-refractivity contribution is -0.119. The molecule has 142 valence electrons. The number of aromatic nitrogens is 4. The largest absolute Gasteiger partial charge is 0.354 e. The molecule has 0 atom stereocenters. The van der Waals surface area contributed by atoms with Gasteiger partial charge in [-0.3, -0.25) is 4.79 Å². The van der Waals surface area contributed by atoms with Crippen LogP contribution in [0.1, 0.15) is 57.0 Å². The molecule has 1 fully saturated rings. The fraction of sp³-hybridized carbons (Fsp3) is 0.632. The van der Waals surface area contributed by atoms with E-state index in [0.29, 0.717) is 11.8 Å². The van der Waals surface area contributed by atoms with E-state index in [0.717, 1.165) is 36.8 Å². The number of hydrogen-bond acceptors (Lipinski definition) is 4. The molecule has 1 saturated carbocycles. The number of hydrogen-bond donors (Lipinski definition) is 1. The molecule has 1 aliphatic carbocycles. The highest BCUT2D eigenvalue weighted by atomic mass is 32.2. The van der Waals surface area contributed by atoms with Crippen molar-refractivity contribution in [2.75, 3.05) is 5.75 Å². The summed E-state index contributed by atoms with van der Waals surface area (Å²) in [6.07, 6.45) is 10.1. The summed E-state index contributed by atoms with van der Waals surface area (Å²) in [7, 11) is 2.04. The van der Waals surface area contributed by atoms with E-state index < -0.39 is 0 Å². The molecule has 0 aromatic carbocycles. The quantitative estimate of drug-likeness (QED) is 0.596. The average molecular weight is 376 g/mol. The van der Waals surface area contributed by atoms with Crippen LogP contribution in [0.25, 0.3) is 0 Å². The van der Waals surface area contributed by atoms with Gasteiger partial charge in [-0.05, 0) is 31.9 Å². The SMILES string of the molecule is CCn1c(Cc2cccn2C)nnc1SCC(=O)NC1CCCCCC1. The summed E-state index contributed by atoms with van der Waals surface area (Å²) >= 11 is 1.48. The van der Waals surface area contributed by atoms with Gasteiger partial charge in [0.1, 0.15) is 5.82 Å². The van der Waals surface area contributed by atoms with Crippen LogP contribution in [0.3, 0.4) is 0 Å². The van der Waals surface area contributed by atoms with Gasteiger partial charge in [-0.1, -0.05) is 37.4 Å². The third kappa shape index (κ3) is 4.90. The molecule has 3 rings (SSSR count). The molecule has 1 aliphatic rings. The van der Waals surface area contributed by atoms with E-state index >= 15 is 0 Å². The van der Waals surface area contributed by atoms with Gasteiger partial charge in [0.05, 0.1) is 5.75 Å². The number of carbonyl (C=O) groups is 1. The van der Waals surface area contributed by atoms with Gasteiger partial charge in [-0.2, -0.15) is 0 Å². The highest BCUT2D eigenvalue weighted by molar-refractivity contribution is 7.99. The second-order valence-corrected chi connectivity index (χ2v) is 7.92. The number of nitrogens with one attached hydrogen (secondary N) is 1. The Kier molecular flexibility index (Phi) is 6.77. The van der Waals surface area contributed by atoms with E-state index in [-0.39, 0.29) is 5.91 Å². The molecule has 26 heavy (non-hydrogen) atoms. The van der Waals surface area contributed by atoms with Gasteiger partial charge in [0.25, 0.3) is 0 Å². The van der Waals surface area contributed by atoms with E-state index in [1.807, 2.05) is 19.3 Å². The third-order valence-corrected chi connectivity index (χ3v) is 6.02. The lowest BCUT2D eigenvalue weighted by atomic mass is 10.1. The minimum absolute atomic E-state index is 0.108. The van der Waals surface area contributed by atoms with Crippen LogP contribution in [-0.2, 0) is 24.8 Å². The second-order valence-electron chi connectivity index (χ2n) is 6.97. The zero-order chi connectivity index (χ0) is 18.4. The lowest BCUT2D eigenvalue weighted by Gasteiger charge is -2.16. The van der Waals surface area contributed by atoms with Crippen LogP contribution in [0.2, 0.25) is 0 Å². The van der Waals surface area contributed by atoms with Crippen molar-refractivity contribution in [1.82, 2.24) is 24.6 Å². The molecule has 0 saturated heterocycles. The van der Waals surface area contributed by atoms with Gasteiger partial charge in [0.2, 0.25) is 5.91 Å². The van der Waals surface area contributed by atoms with Gasteiger partial charge in [-0.15, -0.1) is 10.2 Å². The Hall–Kier alpha value is -1.76. The number of nitrogens with zero attached hydrogens (tertiary/aromatic N) is 4. The topological polar surface area (TPSA) is 64.7 Å². The first kappa shape index (κ1) is 19.0. The Labute approximate surface area is 159 Å². The summed E-state index contributed by atoms with van der Waals surface area (Å²) in [5, 5.41) is 12.7. The van der Waals surface area contributed by atoms with Crippen molar-refractivity contribution in [3.63, 3.8) is 0 Å². The van der Waals surface area contributed by atoms with E-state index in [9.17, 15) is 4.79 Å². The van der Waals surface area contributed by atoms with Crippen LogP contribution < -0.4 is 5.32 Å². The predicted molar refractivity (Wildman–Crippen MR) is 104 cm³/mol. The fourth-order valence-electron chi connectivity index (χ4n) is 3.54. The van der Waals surface area contributed by atoms with Crippen molar-refractivity contribution in [1.29, 1.82) is 0 Å². The predicted octanol–water partition coefficient (Wildman–Crippen LogP) is 3.16. The number of rotatable bonds is 7. The first-order valence-electron chi connectivity index (χ1n) is 9.61. The van der Waals surface area contributed by atoms with Crippen molar-refractivity contribution in [2.24, 2.45) is 7.05 Å². The van der Waals surface area contributed by atoms with Crippen LogP contribution in [0.4, 0.5) is 0 Å². The molecule has 0 spiro atoms. The zero-order valence-corrected chi connectivity index (χ0v) is 16.6. The molecule has 0 bridgehead atoms. The van der Waals surface area contributed by atoms with E-state index in [4.69, 9.17) is 0 Å². The van der Waals surface area contributed by atoms with Crippen LogP contribution in [0, 0.1) is 0 Å². The highest BCUT2D eigenvalue weighted by Crippen LogP contribution is 2.20. The van der Waals surface area contributed by atoms with Crippen molar-refractivity contribution in [3.8, 4) is 0 Å². The maximum Gasteiger partial charge on any atom is 0.230 e. The monoisotopic (exact) mass is 375 g/mol. The second kappa shape index (κ2) is 9.26. The molecule has 0 aliphatic heterocycles. The molecule has 0 radical (unpaired) electrons. The average Bonchev–Trinajstić information content (AvgIpc) is 3.11. The van der Waals surface area contributed by atoms with Crippen molar-refractivity contribution >= 4 is 17.7 Å². The van der Waals surface area contributed by atoms with Crippen molar-refractivity contribution in [2.45, 2.75) is 69.6 Å². The Morgan fingerprint density at radius 2 is 2.04 bits per heavy atom. The number of carbonyl (C=O) groups excluding carboxylic acids is 1. The van der Waals surface area contributed by atoms with Gasteiger partial charge >= 0.3 is 0 Å². The van der Waals surface area contributed by atoms with Crippen LogP contribution in [0.15, 0.2) is 23.5 Å². The molecule has 7 heteroatoms. The normalized spacial score (nSPS) is 15.8. The third-order valence-electron chi connectivity index (χ3n) is 5.05. The maximum absolute atomic E-state index is 12.3. The molecule has 2 aromatic heterocycles. The molecular weight excluding hydrogens is 346 g/mol. The standard InChI is InChI=1S/C19H29N5OS/c1-3-24-17(13-16-11-8-12-23(16)2)21-22-19(24)26-14-18(25)20-15-9-6-4-5-7-10-15/h8,11-12,15H,3-7,9-10,13-14H2,1-2H3,(H,20,25). The van der Waals surface area contributed by atoms with Gasteiger partial charge in [0, 0.05) is 37.9 Å². The van der Waals surface area contributed by atoms with E-state index in [1.54, 1.807) is 0 Å². The summed E-state index contributed by atoms with van der Waals surface area (Å²) in [6, 6.07) is 4.49. The summed E-state index contributed by atoms with van der Waals surface area (Å²) < 4.78 is 4.21. The van der Waals surface area contributed by atoms with Crippen LogP contribution in [-0.4, -0.2) is 37.0 Å². The van der Waals surface area contributed by atoms with Gasteiger partial charge in [0.15, 0.2) is 5.16 Å². The van der Waals surface area contributed by atoms with Gasteiger partial charge < -0.3 is 14.5 Å². The first-order valence-corrected chi connectivity index (χ1v) is 10.6. The summed E-state index contributed by atoms with van der Waals surface area (Å²) in [6.45, 7) is 2.90. The number of aryl methyl sites for hydroxylation is 1. The molecule has 1 N–H and O–H groups in total. The smallest absolute Gasteiger partial charge is 0.230 e. The molecule has 2 heterocycles. The van der Waals surface area contributed by atoms with E-state index in [2.05, 4.69) is 37.6 Å². The Morgan fingerprint density at radius 3 is 2.69 bits per heavy atom. The summed E-state index contributed by atoms with van der Waals surface area (Å²) in [4.78, 5) is 12.3. The summed E-state index contributed by atoms with van der Waals surface area (Å²) in [5.74, 6) is 1.45. The number of thioether (sulfide) groups is 1. The minimum Gasteiger partial charge on any atom is -0.354 e. The zero-order valence-electron chi connectivity index (χ0n) is 15.8. The Balaban J connectivity index is 1.56. The Morgan fingerprint density at radius 1 is 1.27 bits per heavy atom. The molecule has 2 aromatic rings. The maximum atomic E-state index is 12.3. The molecular formula is C19H29N5OS. The molecule has 1 amide bonds. The molecule has 0 unspecified atom stereocenters. The highest BCUT2D eigenvalue weighted by Gasteiger charge is 2.17. The lowest BCUT2D eigenvalue weighted by Crippen LogP contribution is -2.35. The first-order chi connectivity index (χ1) is 12.7. The van der Waals surface area contributed by atoms with Gasteiger partial charge in [-0.25, -0.2) is 0 Å². The fourth-order valence-corrected chi connectivity index (χ4v) is 4.37. The van der Waals surface area contributed by atoms with Crippen molar-refractivity contribution < 1.29 is 4.79 Å². The number of amides is 1. The minimum atomic E-state index is 0.108. The summed E-state index contributed by atoms with van der Waals surface area (Å²) in [5.41, 5.74) is 1.20. The van der Waals surface area contributed by atoms with E-state index in [1.165, 1.54) is 43.1 Å². The van der Waals surface area contributed by atoms with Crippen LogP contribution >= 0.6 is 11.8 Å². The molecule has 6 nitrogen and oxygen atoms in total. The Bertz CT molecular complexity index is 715. The van der Waals surface area contributed by atoms with Crippen LogP contribution in [0.5, 0.6) is 0 Å².